The normalized spacial score (nSPS) is 27.7. The average Bonchev–Trinajstić information content (AvgIpc) is 3.58. The van der Waals surface area contributed by atoms with Crippen molar-refractivity contribution in [3.63, 3.8) is 0 Å². The number of rotatable bonds is 8. The Kier molecular flexibility index (Phi) is 7.88. The average molecular weight is 617 g/mol. The summed E-state index contributed by atoms with van der Waals surface area (Å²) in [5, 5.41) is 13.2. The minimum Gasteiger partial charge on any atom is -0.481 e. The summed E-state index contributed by atoms with van der Waals surface area (Å²) in [6, 6.07) is -0.722. The monoisotopic (exact) mass is 616 g/mol. The van der Waals surface area contributed by atoms with E-state index >= 15 is 0 Å². The summed E-state index contributed by atoms with van der Waals surface area (Å²) in [5.41, 5.74) is -3.16. The highest BCUT2D eigenvalue weighted by atomic mass is 35.5. The molecule has 41 heavy (non-hydrogen) atoms. The van der Waals surface area contributed by atoms with Crippen molar-refractivity contribution in [3.05, 3.63) is 45.5 Å². The molecule has 222 valence electrons. The van der Waals surface area contributed by atoms with Gasteiger partial charge in [-0.3, -0.25) is 24.0 Å². The second-order valence-electron chi connectivity index (χ2n) is 11.5. The Morgan fingerprint density at radius 2 is 1.68 bits per heavy atom. The minimum atomic E-state index is -4.94. The summed E-state index contributed by atoms with van der Waals surface area (Å²) < 4.78 is 50.6. The first-order valence-electron chi connectivity index (χ1n) is 13.4. The van der Waals surface area contributed by atoms with E-state index in [1.54, 1.807) is 0 Å². The number of hydrogen-bond donors (Lipinski definition) is 1. The van der Waals surface area contributed by atoms with Crippen molar-refractivity contribution in [1.29, 1.82) is 0 Å². The molecular weight excluding hydrogens is 588 g/mol. The van der Waals surface area contributed by atoms with Gasteiger partial charge in [-0.2, -0.15) is 18.3 Å². The molecule has 2 aromatic rings. The Morgan fingerprint density at radius 3 is 2.20 bits per heavy atom. The van der Waals surface area contributed by atoms with Crippen LogP contribution in [0.3, 0.4) is 0 Å². The van der Waals surface area contributed by atoms with Crippen LogP contribution in [0, 0.1) is 5.92 Å². The summed E-state index contributed by atoms with van der Waals surface area (Å²) in [6.45, 7) is 1.27. The number of ketones is 1. The number of ether oxygens (including phenoxy) is 1. The molecule has 0 radical (unpaired) electrons. The number of alkyl halides is 3. The molecule has 5 rings (SSSR count). The third-order valence-electron chi connectivity index (χ3n) is 8.60. The fourth-order valence-electron chi connectivity index (χ4n) is 6.44. The molecule has 1 saturated carbocycles. The molecule has 4 heterocycles. The van der Waals surface area contributed by atoms with E-state index in [9.17, 15) is 32.7 Å². The number of pyridine rings is 1. The highest BCUT2D eigenvalue weighted by Crippen LogP contribution is 2.51. The maximum absolute atomic E-state index is 14.5. The van der Waals surface area contributed by atoms with Gasteiger partial charge in [0.2, 0.25) is 0 Å². The number of carboxylic acid groups (broad SMARTS) is 1. The van der Waals surface area contributed by atoms with Crippen LogP contribution in [0.1, 0.15) is 90.7 Å². The first kappa shape index (κ1) is 29.8. The minimum absolute atomic E-state index is 0.0422. The second-order valence-corrected chi connectivity index (χ2v) is 12.3. The Morgan fingerprint density at radius 1 is 1.07 bits per heavy atom. The summed E-state index contributed by atoms with van der Waals surface area (Å²) in [7, 11) is 0. The lowest BCUT2D eigenvalue weighted by Crippen LogP contribution is -2.47. The van der Waals surface area contributed by atoms with Crippen LogP contribution in [-0.2, 0) is 15.7 Å². The zero-order chi connectivity index (χ0) is 29.7. The van der Waals surface area contributed by atoms with Gasteiger partial charge in [0, 0.05) is 12.4 Å². The molecule has 1 aliphatic carbocycles. The molecule has 1 amide bonds. The molecule has 14 heteroatoms. The molecule has 2 aromatic heterocycles. The fourth-order valence-corrected chi connectivity index (χ4v) is 7.02. The van der Waals surface area contributed by atoms with Crippen LogP contribution in [0.25, 0.3) is 0 Å². The van der Waals surface area contributed by atoms with E-state index in [-0.39, 0.29) is 53.4 Å². The van der Waals surface area contributed by atoms with E-state index in [2.05, 4.69) is 10.1 Å². The molecular formula is C27H29Cl2F3N4O5. The van der Waals surface area contributed by atoms with Crippen molar-refractivity contribution in [2.45, 2.75) is 81.7 Å². The van der Waals surface area contributed by atoms with Crippen LogP contribution in [0.2, 0.25) is 10.0 Å². The molecule has 3 aliphatic rings. The molecule has 2 aliphatic heterocycles. The van der Waals surface area contributed by atoms with E-state index in [1.165, 1.54) is 12.4 Å². The number of amides is 1. The standard InChI is InChI=1S/C27H29Cl2F3N4O5/c1-25-6-8-26(41-25,9-7-25)14-35(13-20(37)21-18(28)11-33-12-19(21)29)23(38)17-10-34-36(22(17)27(30,31)32)16-4-2-15(3-5-16)24(39)40/h10-12,15-16H,2-9,13-14H2,1H3,(H,39,40)/t15?,16?,25-,26-. The molecule has 0 atom stereocenters. The van der Waals surface area contributed by atoms with Crippen LogP contribution < -0.4 is 0 Å². The number of carbonyl (C=O) groups is 3. The zero-order valence-electron chi connectivity index (χ0n) is 22.2. The largest absolute Gasteiger partial charge is 0.481 e. The van der Waals surface area contributed by atoms with Gasteiger partial charge in [-0.15, -0.1) is 0 Å². The third kappa shape index (κ3) is 5.83. The molecule has 3 fully saturated rings. The number of hydrogen-bond acceptors (Lipinski definition) is 6. The van der Waals surface area contributed by atoms with E-state index in [0.29, 0.717) is 12.8 Å². The van der Waals surface area contributed by atoms with Gasteiger partial charge in [-0.05, 0) is 58.3 Å². The van der Waals surface area contributed by atoms with E-state index in [4.69, 9.17) is 27.9 Å². The molecule has 9 nitrogen and oxygen atoms in total. The summed E-state index contributed by atoms with van der Waals surface area (Å²) in [6.07, 6.45) is 1.78. The molecule has 0 unspecified atom stereocenters. The second kappa shape index (κ2) is 10.9. The van der Waals surface area contributed by atoms with E-state index in [1.807, 2.05) is 6.92 Å². The summed E-state index contributed by atoms with van der Waals surface area (Å²) in [5.74, 6) is -3.29. The first-order chi connectivity index (χ1) is 19.2. The predicted molar refractivity (Wildman–Crippen MR) is 141 cm³/mol. The number of aliphatic carboxylic acids is 1. The lowest BCUT2D eigenvalue weighted by molar-refractivity contribution is -0.147. The lowest BCUT2D eigenvalue weighted by Gasteiger charge is -2.33. The van der Waals surface area contributed by atoms with Gasteiger partial charge in [-0.1, -0.05) is 23.2 Å². The van der Waals surface area contributed by atoms with Crippen molar-refractivity contribution in [1.82, 2.24) is 19.7 Å². The number of carbonyl (C=O) groups excluding carboxylic acids is 2. The SMILES string of the molecule is C[C@]12CC[C@@](CN(CC(=O)c3c(Cl)cncc3Cl)C(=O)c3cnn(C4CCC(C(=O)O)CC4)c3C(F)(F)F)(CC1)O2. The van der Waals surface area contributed by atoms with Gasteiger partial charge in [0.25, 0.3) is 5.91 Å². The maximum Gasteiger partial charge on any atom is 0.433 e. The van der Waals surface area contributed by atoms with Crippen molar-refractivity contribution in [2.75, 3.05) is 13.1 Å². The first-order valence-corrected chi connectivity index (χ1v) is 14.2. The third-order valence-corrected chi connectivity index (χ3v) is 9.17. The van der Waals surface area contributed by atoms with Crippen LogP contribution in [-0.4, -0.2) is 66.7 Å². The maximum atomic E-state index is 14.5. The zero-order valence-corrected chi connectivity index (χ0v) is 23.7. The fraction of sp³-hybridized carbons (Fsp3) is 0.593. The van der Waals surface area contributed by atoms with Gasteiger partial charge >= 0.3 is 12.1 Å². The van der Waals surface area contributed by atoms with Crippen LogP contribution in [0.15, 0.2) is 18.6 Å². The van der Waals surface area contributed by atoms with Gasteiger partial charge in [0.05, 0.1) is 63.6 Å². The van der Waals surface area contributed by atoms with Crippen LogP contribution in [0.4, 0.5) is 13.2 Å². The van der Waals surface area contributed by atoms with E-state index in [0.717, 1.165) is 28.6 Å². The Balaban J connectivity index is 1.49. The Hall–Kier alpha value is -2.70. The molecule has 2 saturated heterocycles. The van der Waals surface area contributed by atoms with Gasteiger partial charge < -0.3 is 14.7 Å². The quantitative estimate of drug-likeness (QED) is 0.370. The Labute approximate surface area is 243 Å². The molecule has 0 spiro atoms. The topological polar surface area (TPSA) is 115 Å². The van der Waals surface area contributed by atoms with Crippen LogP contribution in [0.5, 0.6) is 0 Å². The van der Waals surface area contributed by atoms with Crippen molar-refractivity contribution in [2.24, 2.45) is 5.92 Å². The van der Waals surface area contributed by atoms with E-state index < -0.39 is 59.2 Å². The van der Waals surface area contributed by atoms with Crippen molar-refractivity contribution < 1.29 is 37.4 Å². The number of nitrogens with zero attached hydrogens (tertiary/aromatic N) is 4. The van der Waals surface area contributed by atoms with Gasteiger partial charge in [0.15, 0.2) is 11.5 Å². The lowest BCUT2D eigenvalue weighted by atomic mass is 9.82. The highest BCUT2D eigenvalue weighted by molar-refractivity contribution is 6.39. The Bertz CT molecular complexity index is 1340. The number of carboxylic acids is 1. The van der Waals surface area contributed by atoms with Gasteiger partial charge in [0.1, 0.15) is 0 Å². The van der Waals surface area contributed by atoms with Crippen molar-refractivity contribution >= 4 is 40.9 Å². The summed E-state index contributed by atoms with van der Waals surface area (Å²) >= 11 is 12.3. The predicted octanol–water partition coefficient (Wildman–Crippen LogP) is 5.85. The number of halogens is 5. The molecule has 1 N–H and O–H groups in total. The number of fused-ring (bicyclic) bond motifs is 2. The van der Waals surface area contributed by atoms with Crippen LogP contribution >= 0.6 is 23.2 Å². The van der Waals surface area contributed by atoms with Crippen molar-refractivity contribution in [3.8, 4) is 0 Å². The smallest absolute Gasteiger partial charge is 0.433 e. The summed E-state index contributed by atoms with van der Waals surface area (Å²) in [4.78, 5) is 43.5. The van der Waals surface area contributed by atoms with Gasteiger partial charge in [-0.25, -0.2) is 0 Å². The highest BCUT2D eigenvalue weighted by Gasteiger charge is 2.54. The molecule has 2 bridgehead atoms. The number of Topliss-reactive ketones (excluding diaryl/α,β-unsaturated/α-hetero) is 1. The molecule has 0 aromatic carbocycles. The number of aromatic nitrogens is 3.